The molecule has 0 amide bonds. The number of nitrogens with one attached hydrogen (secondary N) is 8. The number of carboxylic acid groups (broad SMARTS) is 2. The molecule has 22 N–H and O–H groups in total. The second kappa shape index (κ2) is 57.7. The van der Waals surface area contributed by atoms with Crippen LogP contribution in [0.15, 0.2) is 0 Å². The van der Waals surface area contributed by atoms with Crippen LogP contribution < -0.4 is 65.5 Å². The number of nitrogens with two attached hydrogens (primary N) is 4. The van der Waals surface area contributed by atoms with Crippen molar-refractivity contribution in [2.45, 2.75) is 466 Å². The minimum Gasteiger partial charge on any atom is -0.481 e. The number of carbonyl (C=O) groups is 4. The molecule has 24 heteroatoms. The van der Waals surface area contributed by atoms with Gasteiger partial charge in [-0.2, -0.15) is 0 Å². The van der Waals surface area contributed by atoms with Crippen LogP contribution in [-0.4, -0.2) is 222 Å². The number of rotatable bonds is 52. The van der Waals surface area contributed by atoms with Crippen LogP contribution in [-0.2, 0) is 28.7 Å². The van der Waals surface area contributed by atoms with Crippen molar-refractivity contribution in [1.82, 2.24) is 42.5 Å². The van der Waals surface area contributed by atoms with Crippen LogP contribution >= 0.6 is 0 Å². The van der Waals surface area contributed by atoms with Gasteiger partial charge in [-0.3, -0.25) is 19.2 Å². The topological polar surface area (TPSA) is 408 Å². The first-order valence-corrected chi connectivity index (χ1v) is 63.8. The van der Waals surface area contributed by atoms with Gasteiger partial charge in [0.2, 0.25) is 0 Å². The number of hydrogen-bond donors (Lipinski definition) is 18. The van der Waals surface area contributed by atoms with Crippen molar-refractivity contribution in [3.63, 3.8) is 0 Å². The van der Waals surface area contributed by atoms with E-state index in [9.17, 15) is 49.8 Å². The largest absolute Gasteiger partial charge is 0.481 e. The zero-order valence-corrected chi connectivity index (χ0v) is 98.0. The van der Waals surface area contributed by atoms with Crippen molar-refractivity contribution in [1.29, 1.82) is 0 Å². The van der Waals surface area contributed by atoms with Crippen LogP contribution in [0.5, 0.6) is 0 Å². The molecule has 868 valence electrons. The number of carboxylic acids is 2. The molecule has 0 saturated heterocycles. The minimum absolute atomic E-state index is 0.0815. The Kier molecular flexibility index (Phi) is 47.8. The molecular formula is C126H232N12O12. The predicted octanol–water partition coefficient (Wildman–Crippen LogP) is 19.4. The fourth-order valence-electron chi connectivity index (χ4n) is 40.1. The summed E-state index contributed by atoms with van der Waals surface area (Å²) in [6.07, 6.45) is 57.4. The van der Waals surface area contributed by atoms with E-state index in [1.807, 2.05) is 0 Å². The normalized spacial score (nSPS) is 41.6. The molecule has 0 aromatic carbocycles. The van der Waals surface area contributed by atoms with E-state index in [4.69, 9.17) is 32.4 Å². The zero-order valence-electron chi connectivity index (χ0n) is 98.0. The maximum absolute atomic E-state index is 11.8. The Bertz CT molecular complexity index is 3760. The van der Waals surface area contributed by atoms with Gasteiger partial charge in [0.05, 0.1) is 38.6 Å². The van der Waals surface area contributed by atoms with Crippen LogP contribution in [0.1, 0.15) is 417 Å². The van der Waals surface area contributed by atoms with E-state index in [1.54, 1.807) is 0 Å². The molecule has 0 aromatic rings. The van der Waals surface area contributed by atoms with Crippen LogP contribution in [0.4, 0.5) is 0 Å². The number of ether oxygens (including phenoxy) is 2. The van der Waals surface area contributed by atoms with Crippen molar-refractivity contribution in [2.24, 2.45) is 208 Å². The number of fused-ring (bicyclic) bond motifs is 20. The molecule has 150 heavy (non-hydrogen) atoms. The van der Waals surface area contributed by atoms with Crippen molar-refractivity contribution < 1.29 is 59.3 Å². The highest BCUT2D eigenvalue weighted by Gasteiger charge is 2.69. The minimum atomic E-state index is -0.669. The molecule has 0 spiro atoms. The lowest BCUT2D eigenvalue weighted by atomic mass is 9.43. The van der Waals surface area contributed by atoms with Gasteiger partial charge in [0.25, 0.3) is 0 Å². The molecule has 16 unspecified atom stereocenters. The number of aliphatic hydroxyl groups is 4. The van der Waals surface area contributed by atoms with E-state index >= 15 is 0 Å². The number of unbranched alkanes of at least 4 members (excludes halogenated alkanes) is 4. The molecule has 16 fully saturated rings. The first-order valence-electron chi connectivity index (χ1n) is 63.8. The van der Waals surface area contributed by atoms with Crippen LogP contribution in [0.2, 0.25) is 0 Å². The van der Waals surface area contributed by atoms with Crippen LogP contribution in [0.3, 0.4) is 0 Å². The predicted molar refractivity (Wildman–Crippen MR) is 610 cm³/mol. The number of aliphatic hydroxyl groups excluding tert-OH is 4. The van der Waals surface area contributed by atoms with Crippen molar-refractivity contribution >= 4 is 23.9 Å². The lowest BCUT2D eigenvalue weighted by molar-refractivity contribution is -0.167. The van der Waals surface area contributed by atoms with Gasteiger partial charge in [0, 0.05) is 49.9 Å². The van der Waals surface area contributed by atoms with Gasteiger partial charge in [-0.25, -0.2) is 0 Å². The Hall–Kier alpha value is -2.76. The van der Waals surface area contributed by atoms with Gasteiger partial charge in [0.15, 0.2) is 0 Å². The number of methoxy groups -OCH3 is 2. The molecule has 40 atom stereocenters. The third kappa shape index (κ3) is 29.3. The highest BCUT2D eigenvalue weighted by Crippen LogP contribution is 2.74. The molecule has 16 aliphatic rings. The quantitative estimate of drug-likeness (QED) is 0.0199. The zero-order chi connectivity index (χ0) is 108. The molecule has 0 bridgehead atoms. The first-order chi connectivity index (χ1) is 71.9. The van der Waals surface area contributed by atoms with Gasteiger partial charge >= 0.3 is 23.9 Å². The van der Waals surface area contributed by atoms with E-state index in [1.165, 1.54) is 245 Å². The Morgan fingerprint density at radius 3 is 0.673 bits per heavy atom. The Balaban J connectivity index is 0.000000167. The van der Waals surface area contributed by atoms with E-state index < -0.39 is 11.9 Å². The molecule has 16 rings (SSSR count). The van der Waals surface area contributed by atoms with E-state index in [2.05, 4.69) is 126 Å². The third-order valence-corrected chi connectivity index (χ3v) is 48.5. The van der Waals surface area contributed by atoms with E-state index in [0.29, 0.717) is 212 Å². The maximum atomic E-state index is 11.8. The number of aliphatic carboxylic acids is 2. The SMILES string of the molecule is CC(CCC(=O)O)[C@H]1CCC2C3C(CC[C@@]21C)[C@@]1(C)CC[C@@H](NCCCNCCCCN)C[C@@H]1C[C@H]3O.CC(CCC(=O)O)[C@H]1CCC2C3C(CC[C@@]21C)[C@@]1(C)CC[C@H](NCCCNCCCCN)C[C@@H]1C[C@H]3O.COC(=O)CCC(C)[C@H]1CCC2C3C(CC[C@@]21C)[C@@]1(C)CC[C@@H](NCCCNCCCCN)C[C@@H]1C[C@H]3O.COC(=O)CCC(C)[C@H]1CCC2C3C(CC[C@@]21C)[C@@]1(C)CC[C@H](NCCCNCCCCN)C[C@@H]1C[C@H]3O. The summed E-state index contributed by atoms with van der Waals surface area (Å²) in [6, 6.07) is 2.40. The standard InChI is InChI=1S/2C32H59N3O3.2C31H57N3O3/c2*1-22(8-11-29(37)38-4)25-9-10-26-30-27(13-15-32(25,26)3)31(2)14-12-24(20-23(31)21-28(30)36)35-19-7-18-34-17-6-5-16-33;2*1-21(7-10-28(36)37)24-8-9-25-29-26(12-14-31(24,25)3)30(2)13-11-23(19-22(30)20-27(29)35)34-18-6-17-33-16-5-4-15-32/h2*22-28,30,34-36H,5-21,33H2,1-4H3;2*21-27,29,33-35H,4-20,32H2,1-3H3,(H,36,37)/t22?,23-,24+,25-,26?,27?,28-,30?,31+,32-;22?,23-,24-,25-,26?,27?,28-,30?,31+,32-;21?,22-,23+,24-,25?,26?,27-,29?,30+,31-;21?,22-,23-,24-,25?,26?,27-,29?,30+,31-/m1111/s1. The van der Waals surface area contributed by atoms with E-state index in [-0.39, 0.29) is 60.0 Å². The lowest BCUT2D eigenvalue weighted by Gasteiger charge is -2.62. The Labute approximate surface area is 913 Å². The van der Waals surface area contributed by atoms with Crippen molar-refractivity contribution in [3.05, 3.63) is 0 Å². The van der Waals surface area contributed by atoms with Crippen molar-refractivity contribution in [2.75, 3.05) is 119 Å². The van der Waals surface area contributed by atoms with Gasteiger partial charge in [-0.05, 0) is 598 Å². The molecule has 16 saturated carbocycles. The fourth-order valence-corrected chi connectivity index (χ4v) is 40.1. The summed E-state index contributed by atoms with van der Waals surface area (Å²) in [4.78, 5) is 45.9. The summed E-state index contributed by atoms with van der Waals surface area (Å²) in [5.41, 5.74) is 24.9. The summed E-state index contributed by atoms with van der Waals surface area (Å²) >= 11 is 0. The summed E-state index contributed by atoms with van der Waals surface area (Å²) in [7, 11) is 2.99. The average molecular weight is 2110 g/mol. The van der Waals surface area contributed by atoms with E-state index in [0.717, 1.165) is 182 Å². The molecule has 0 heterocycles. The highest BCUT2D eigenvalue weighted by molar-refractivity contribution is 5.69. The average Bonchev–Trinajstić information content (AvgIpc) is 1.51. The van der Waals surface area contributed by atoms with Gasteiger partial charge < -0.3 is 106 Å². The molecule has 0 aliphatic heterocycles. The number of esters is 2. The second-order valence-electron chi connectivity index (χ2n) is 56.2. The monoisotopic (exact) mass is 2110 g/mol. The molecule has 24 nitrogen and oxygen atoms in total. The third-order valence-electron chi connectivity index (χ3n) is 48.5. The van der Waals surface area contributed by atoms with Gasteiger partial charge in [-0.15, -0.1) is 0 Å². The van der Waals surface area contributed by atoms with Crippen molar-refractivity contribution in [3.8, 4) is 0 Å². The molecule has 16 aliphatic carbocycles. The number of hydrogen-bond acceptors (Lipinski definition) is 22. The van der Waals surface area contributed by atoms with Crippen LogP contribution in [0.25, 0.3) is 0 Å². The first kappa shape index (κ1) is 124. The summed E-state index contributed by atoms with van der Waals surface area (Å²) < 4.78 is 9.83. The summed E-state index contributed by atoms with van der Waals surface area (Å²) in [5, 5.41) is 94.6. The van der Waals surface area contributed by atoms with Crippen LogP contribution in [0, 0.1) is 185 Å². The smallest absolute Gasteiger partial charge is 0.305 e. The number of carbonyl (C=O) groups excluding carboxylic acids is 2. The molecular weight excluding hydrogens is 1870 g/mol. The van der Waals surface area contributed by atoms with Gasteiger partial charge in [-0.1, -0.05) is 83.1 Å². The highest BCUT2D eigenvalue weighted by atomic mass is 16.5. The summed E-state index contributed by atoms with van der Waals surface area (Å²) in [6.45, 7) is 45.8. The summed E-state index contributed by atoms with van der Waals surface area (Å²) in [5.74, 6) is 12.4. The molecule has 0 radical (unpaired) electrons. The molecule has 0 aromatic heterocycles. The second-order valence-corrected chi connectivity index (χ2v) is 56.2. The fraction of sp³-hybridized carbons (Fsp3) is 0.968. The van der Waals surface area contributed by atoms with Gasteiger partial charge in [0.1, 0.15) is 0 Å². The Morgan fingerprint density at radius 1 is 0.267 bits per heavy atom. The lowest BCUT2D eigenvalue weighted by Crippen LogP contribution is -2.59. The maximum Gasteiger partial charge on any atom is 0.305 e. The Morgan fingerprint density at radius 2 is 0.467 bits per heavy atom.